The summed E-state index contributed by atoms with van der Waals surface area (Å²) < 4.78 is 2.23. The number of nitrogens with zero attached hydrogens (tertiary/aromatic N) is 5. The molecule has 1 fully saturated rings. The Morgan fingerprint density at radius 1 is 1.46 bits per heavy atom. The normalized spacial score (nSPS) is 21.2. The van der Waals surface area contributed by atoms with E-state index in [-0.39, 0.29) is 0 Å². The Morgan fingerprint density at radius 2 is 2.31 bits per heavy atom. The van der Waals surface area contributed by atoms with Crippen LogP contribution in [0.15, 0.2) is 23.7 Å². The van der Waals surface area contributed by atoms with E-state index in [4.69, 9.17) is 4.98 Å². The molecule has 2 aromatic rings. The minimum absolute atomic E-state index is 0.443. The highest BCUT2D eigenvalue weighted by Gasteiger charge is 2.28. The molecule has 26 heavy (non-hydrogen) atoms. The van der Waals surface area contributed by atoms with Gasteiger partial charge < -0.3 is 14.8 Å². The maximum Gasteiger partial charge on any atom is 0.193 e. The predicted molar refractivity (Wildman–Crippen MR) is 108 cm³/mol. The Morgan fingerprint density at radius 3 is 2.96 bits per heavy atom. The molecule has 2 atom stereocenters. The first kappa shape index (κ1) is 18.9. The number of nitrogens with one attached hydrogen (secondary N) is 1. The van der Waals surface area contributed by atoms with Gasteiger partial charge in [0.15, 0.2) is 5.96 Å². The lowest BCUT2D eigenvalue weighted by atomic mass is 9.93. The van der Waals surface area contributed by atoms with Crippen molar-refractivity contribution in [3.63, 3.8) is 0 Å². The second-order valence-electron chi connectivity index (χ2n) is 6.98. The molecule has 2 unspecified atom stereocenters. The number of hydrogen-bond acceptors (Lipinski definition) is 4. The molecule has 0 radical (unpaired) electrons. The van der Waals surface area contributed by atoms with E-state index in [2.05, 4.69) is 51.7 Å². The zero-order chi connectivity index (χ0) is 18.5. The zero-order valence-corrected chi connectivity index (χ0v) is 17.1. The van der Waals surface area contributed by atoms with Gasteiger partial charge in [0.1, 0.15) is 0 Å². The summed E-state index contributed by atoms with van der Waals surface area (Å²) in [7, 11) is 1.87. The lowest BCUT2D eigenvalue weighted by molar-refractivity contribution is 0.189. The van der Waals surface area contributed by atoms with Crippen LogP contribution in [0.25, 0.3) is 0 Å². The van der Waals surface area contributed by atoms with Crippen molar-refractivity contribution in [1.82, 2.24) is 24.8 Å². The summed E-state index contributed by atoms with van der Waals surface area (Å²) in [4.78, 5) is 17.2. The molecule has 6 nitrogen and oxygen atoms in total. The molecule has 142 valence electrons. The molecule has 2 aromatic heterocycles. The molecule has 1 saturated heterocycles. The van der Waals surface area contributed by atoms with Gasteiger partial charge in [-0.2, -0.15) is 0 Å². The third-order valence-electron chi connectivity index (χ3n) is 5.23. The van der Waals surface area contributed by atoms with Crippen LogP contribution in [0.2, 0.25) is 0 Å². The first-order chi connectivity index (χ1) is 12.6. The number of hydrogen-bond donors (Lipinski definition) is 1. The molecule has 3 rings (SSSR count). The van der Waals surface area contributed by atoms with E-state index in [9.17, 15) is 0 Å². The van der Waals surface area contributed by atoms with Gasteiger partial charge in [0.2, 0.25) is 0 Å². The second-order valence-corrected chi connectivity index (χ2v) is 8.26. The Kier molecular flexibility index (Phi) is 6.29. The number of likely N-dealkylation sites (tertiary alicyclic amines) is 1. The molecule has 0 spiro atoms. The van der Waals surface area contributed by atoms with Crippen LogP contribution in [0.1, 0.15) is 41.9 Å². The minimum atomic E-state index is 0.443. The number of aromatic nitrogens is 3. The summed E-state index contributed by atoms with van der Waals surface area (Å²) in [5, 5.41) is 4.75. The third-order valence-corrected chi connectivity index (χ3v) is 6.30. The number of piperidine rings is 1. The smallest absolute Gasteiger partial charge is 0.193 e. The Hall–Kier alpha value is -1.89. The highest BCUT2D eigenvalue weighted by atomic mass is 32.1. The molecule has 1 aliphatic rings. The quantitative estimate of drug-likeness (QED) is 0.646. The molecule has 0 saturated carbocycles. The molecule has 0 aliphatic carbocycles. The van der Waals surface area contributed by atoms with Crippen LogP contribution in [0.4, 0.5) is 0 Å². The van der Waals surface area contributed by atoms with Crippen LogP contribution in [0, 0.1) is 12.8 Å². The summed E-state index contributed by atoms with van der Waals surface area (Å²) in [5.74, 6) is 1.63. The van der Waals surface area contributed by atoms with Crippen molar-refractivity contribution in [2.75, 3.05) is 26.7 Å². The third kappa shape index (κ3) is 4.26. The molecule has 3 heterocycles. The van der Waals surface area contributed by atoms with Gasteiger partial charge >= 0.3 is 0 Å². The Labute approximate surface area is 160 Å². The predicted octanol–water partition coefficient (Wildman–Crippen LogP) is 2.91. The molecule has 1 N–H and O–H groups in total. The largest absolute Gasteiger partial charge is 0.356 e. The Bertz CT molecular complexity index is 720. The SMILES string of the molecule is CCc1nc(CCNC(=NC)N2CCC(C)C(n3ccnc3)C2)sc1C. The van der Waals surface area contributed by atoms with E-state index in [0.717, 1.165) is 44.9 Å². The Balaban J connectivity index is 1.56. The van der Waals surface area contributed by atoms with Crippen LogP contribution in [-0.2, 0) is 12.8 Å². The van der Waals surface area contributed by atoms with Gasteiger partial charge in [-0.05, 0) is 25.7 Å². The summed E-state index contributed by atoms with van der Waals surface area (Å²) in [6.45, 7) is 9.53. The van der Waals surface area contributed by atoms with Crippen molar-refractivity contribution < 1.29 is 0 Å². The number of imidazole rings is 1. The van der Waals surface area contributed by atoms with E-state index >= 15 is 0 Å². The second kappa shape index (κ2) is 8.66. The van der Waals surface area contributed by atoms with Crippen molar-refractivity contribution >= 4 is 17.3 Å². The number of aryl methyl sites for hydroxylation is 2. The number of aliphatic imine (C=N–C) groups is 1. The summed E-state index contributed by atoms with van der Waals surface area (Å²) in [6, 6.07) is 0.443. The maximum atomic E-state index is 4.73. The molecule has 0 amide bonds. The molecule has 0 aromatic carbocycles. The first-order valence-electron chi connectivity index (χ1n) is 9.50. The van der Waals surface area contributed by atoms with Gasteiger partial charge in [0, 0.05) is 50.4 Å². The topological polar surface area (TPSA) is 58.3 Å². The van der Waals surface area contributed by atoms with E-state index in [1.807, 2.05) is 30.9 Å². The van der Waals surface area contributed by atoms with E-state index in [0.29, 0.717) is 12.0 Å². The van der Waals surface area contributed by atoms with Crippen molar-refractivity contribution in [2.24, 2.45) is 10.9 Å². The number of thiazole rings is 1. The summed E-state index contributed by atoms with van der Waals surface area (Å²) in [5.41, 5.74) is 1.24. The van der Waals surface area contributed by atoms with Crippen molar-refractivity contribution in [2.45, 2.75) is 46.1 Å². The summed E-state index contributed by atoms with van der Waals surface area (Å²) in [6.07, 6.45) is 8.97. The van der Waals surface area contributed by atoms with Gasteiger partial charge in [0.25, 0.3) is 0 Å². The molecule has 7 heteroatoms. The lowest BCUT2D eigenvalue weighted by Crippen LogP contribution is -2.49. The fourth-order valence-corrected chi connectivity index (χ4v) is 4.65. The lowest BCUT2D eigenvalue weighted by Gasteiger charge is -2.39. The van der Waals surface area contributed by atoms with E-state index in [1.54, 1.807) is 0 Å². The number of guanidine groups is 1. The molecular formula is C19H30N6S. The van der Waals surface area contributed by atoms with Crippen molar-refractivity contribution in [3.05, 3.63) is 34.3 Å². The molecular weight excluding hydrogens is 344 g/mol. The fraction of sp³-hybridized carbons (Fsp3) is 0.632. The average molecular weight is 375 g/mol. The van der Waals surface area contributed by atoms with Gasteiger partial charge in [-0.25, -0.2) is 9.97 Å². The van der Waals surface area contributed by atoms with E-state index in [1.165, 1.54) is 15.6 Å². The monoisotopic (exact) mass is 374 g/mol. The zero-order valence-electron chi connectivity index (χ0n) is 16.3. The van der Waals surface area contributed by atoms with Crippen LogP contribution in [0.5, 0.6) is 0 Å². The average Bonchev–Trinajstić information content (AvgIpc) is 3.29. The van der Waals surface area contributed by atoms with Crippen LogP contribution in [-0.4, -0.2) is 52.1 Å². The first-order valence-corrected chi connectivity index (χ1v) is 10.3. The van der Waals surface area contributed by atoms with Gasteiger partial charge in [-0.1, -0.05) is 13.8 Å². The summed E-state index contributed by atoms with van der Waals surface area (Å²) >= 11 is 1.82. The van der Waals surface area contributed by atoms with Crippen LogP contribution < -0.4 is 5.32 Å². The fourth-order valence-electron chi connectivity index (χ4n) is 3.63. The molecule has 0 bridgehead atoms. The highest BCUT2D eigenvalue weighted by molar-refractivity contribution is 7.11. The van der Waals surface area contributed by atoms with Crippen molar-refractivity contribution in [1.29, 1.82) is 0 Å². The highest BCUT2D eigenvalue weighted by Crippen LogP contribution is 2.27. The van der Waals surface area contributed by atoms with E-state index < -0.39 is 0 Å². The van der Waals surface area contributed by atoms with Crippen LogP contribution in [0.3, 0.4) is 0 Å². The standard InChI is InChI=1S/C19H30N6S/c1-5-16-15(3)26-18(23-16)6-8-22-19(20-4)24-10-7-14(2)17(12-24)25-11-9-21-13-25/h9,11,13-14,17H,5-8,10,12H2,1-4H3,(H,20,22). The van der Waals surface area contributed by atoms with Crippen LogP contribution >= 0.6 is 11.3 Å². The maximum absolute atomic E-state index is 4.73. The molecule has 1 aliphatic heterocycles. The van der Waals surface area contributed by atoms with Gasteiger partial charge in [0.05, 0.1) is 23.1 Å². The van der Waals surface area contributed by atoms with Crippen molar-refractivity contribution in [3.8, 4) is 0 Å². The van der Waals surface area contributed by atoms with Gasteiger partial charge in [-0.15, -0.1) is 11.3 Å². The van der Waals surface area contributed by atoms with Gasteiger partial charge in [-0.3, -0.25) is 4.99 Å². The minimum Gasteiger partial charge on any atom is -0.356 e. The number of rotatable bonds is 5.